The van der Waals surface area contributed by atoms with Crippen molar-refractivity contribution in [2.24, 2.45) is 0 Å². The Morgan fingerprint density at radius 2 is 0.696 bits per heavy atom. The zero-order chi connectivity index (χ0) is 57.7. The van der Waals surface area contributed by atoms with E-state index in [-0.39, 0.29) is 19.1 Å². The van der Waals surface area contributed by atoms with Crippen LogP contribution in [0.3, 0.4) is 0 Å². The Kier molecular flexibility index (Phi) is 60.3. The maximum Gasteiger partial charge on any atom is 0.472 e. The van der Waals surface area contributed by atoms with E-state index in [0.29, 0.717) is 17.4 Å². The first-order valence-electron chi connectivity index (χ1n) is 34.9. The van der Waals surface area contributed by atoms with Gasteiger partial charge in [0.1, 0.15) is 13.2 Å². The minimum absolute atomic E-state index is 0.0551. The lowest BCUT2D eigenvalue weighted by Gasteiger charge is -2.25. The summed E-state index contributed by atoms with van der Waals surface area (Å²) in [6.45, 7) is 4.82. The van der Waals surface area contributed by atoms with Crippen LogP contribution in [0.1, 0.15) is 354 Å². The minimum atomic E-state index is -4.36. The Bertz CT molecular complexity index is 1380. The van der Waals surface area contributed by atoms with E-state index >= 15 is 0 Å². The van der Waals surface area contributed by atoms with Gasteiger partial charge in [0.2, 0.25) is 5.91 Å². The molecular weight excluding hydrogens is 996 g/mol. The SMILES string of the molecule is CCCCCCCC/C=C/CC/C=C/CC/C=C/C(O)C(COP(=O)(O)OCC[N+](C)(C)C)NC(=O)CCCCCCCCCCCCCCCCCCCCCCCCCCCCCCCCCCCCCCCCCCC. The van der Waals surface area contributed by atoms with Crippen molar-refractivity contribution >= 4 is 13.7 Å². The molecule has 0 fully saturated rings. The Labute approximate surface area is 493 Å². The summed E-state index contributed by atoms with van der Waals surface area (Å²) < 4.78 is 23.7. The number of hydrogen-bond donors (Lipinski definition) is 3. The summed E-state index contributed by atoms with van der Waals surface area (Å²) in [6, 6.07) is -0.868. The van der Waals surface area contributed by atoms with Crippen molar-refractivity contribution in [1.82, 2.24) is 5.32 Å². The number of hydrogen-bond acceptors (Lipinski definition) is 5. The second-order valence-electron chi connectivity index (χ2n) is 25.3. The van der Waals surface area contributed by atoms with Gasteiger partial charge in [-0.25, -0.2) is 4.57 Å². The van der Waals surface area contributed by atoms with Crippen molar-refractivity contribution in [3.63, 3.8) is 0 Å². The first-order valence-corrected chi connectivity index (χ1v) is 36.4. The van der Waals surface area contributed by atoms with Crippen molar-refractivity contribution in [1.29, 1.82) is 0 Å². The van der Waals surface area contributed by atoms with Gasteiger partial charge in [-0.3, -0.25) is 13.8 Å². The highest BCUT2D eigenvalue weighted by atomic mass is 31.2. The van der Waals surface area contributed by atoms with Gasteiger partial charge in [0, 0.05) is 6.42 Å². The standard InChI is InChI=1S/C70H137N2O6P/c1-6-8-10-12-14-16-18-20-22-24-25-26-27-28-29-30-31-32-33-34-35-36-37-38-39-40-41-42-43-44-45-46-47-48-50-52-54-56-58-60-62-64-70(74)71-68(67-78-79(75,76)77-66-65-72(3,4)5)69(73)63-61-59-57-55-53-51-49-23-21-19-17-15-13-11-9-7-2/h21,23,53,55,61,63,68-69,73H,6-20,22,24-52,54,56-60,62,64-67H2,1-5H3,(H-,71,74,75,76)/p+1/b23-21+,55-53+,63-61+. The third-order valence-electron chi connectivity index (χ3n) is 16.1. The molecule has 3 atom stereocenters. The van der Waals surface area contributed by atoms with Gasteiger partial charge >= 0.3 is 7.82 Å². The van der Waals surface area contributed by atoms with E-state index in [4.69, 9.17) is 9.05 Å². The first kappa shape index (κ1) is 77.7. The summed E-state index contributed by atoms with van der Waals surface area (Å²) >= 11 is 0. The van der Waals surface area contributed by atoms with Crippen LogP contribution in [-0.2, 0) is 18.4 Å². The number of aliphatic hydroxyl groups excluding tert-OH is 1. The molecule has 0 aliphatic rings. The number of allylic oxidation sites excluding steroid dienone is 5. The molecule has 0 aromatic carbocycles. The summed E-state index contributed by atoms with van der Waals surface area (Å²) in [6.07, 6.45) is 81.8. The van der Waals surface area contributed by atoms with Gasteiger partial charge in [-0.15, -0.1) is 0 Å². The number of phosphoric acid groups is 1. The fraction of sp³-hybridized carbons (Fsp3) is 0.900. The van der Waals surface area contributed by atoms with E-state index < -0.39 is 20.0 Å². The fourth-order valence-corrected chi connectivity index (χ4v) is 11.4. The van der Waals surface area contributed by atoms with Crippen LogP contribution < -0.4 is 5.32 Å². The third kappa shape index (κ3) is 64.1. The Morgan fingerprint density at radius 1 is 0.418 bits per heavy atom. The lowest BCUT2D eigenvalue weighted by molar-refractivity contribution is -0.870. The van der Waals surface area contributed by atoms with Crippen molar-refractivity contribution in [2.75, 3.05) is 40.9 Å². The molecule has 0 aliphatic carbocycles. The summed E-state index contributed by atoms with van der Waals surface area (Å²) in [7, 11) is 1.56. The van der Waals surface area contributed by atoms with E-state index in [0.717, 1.165) is 44.9 Å². The number of unbranched alkanes of at least 4 members (excludes halogenated alkanes) is 48. The van der Waals surface area contributed by atoms with Gasteiger partial charge < -0.3 is 19.8 Å². The van der Waals surface area contributed by atoms with Crippen molar-refractivity contribution in [3.8, 4) is 0 Å². The molecule has 0 aromatic rings. The number of nitrogens with zero attached hydrogens (tertiary/aromatic N) is 1. The molecular formula is C70H138N2O6P+. The van der Waals surface area contributed by atoms with Gasteiger partial charge in [0.15, 0.2) is 0 Å². The Morgan fingerprint density at radius 3 is 1.01 bits per heavy atom. The summed E-state index contributed by atoms with van der Waals surface area (Å²) in [5.74, 6) is -0.185. The predicted molar refractivity (Wildman–Crippen MR) is 346 cm³/mol. The first-order chi connectivity index (χ1) is 38.5. The van der Waals surface area contributed by atoms with Gasteiger partial charge in [0.25, 0.3) is 0 Å². The zero-order valence-electron chi connectivity index (χ0n) is 53.6. The fourth-order valence-electron chi connectivity index (χ4n) is 10.7. The van der Waals surface area contributed by atoms with Crippen LogP contribution >= 0.6 is 7.82 Å². The van der Waals surface area contributed by atoms with E-state index in [1.54, 1.807) is 6.08 Å². The number of rotatable bonds is 65. The average molecular weight is 1130 g/mol. The highest BCUT2D eigenvalue weighted by molar-refractivity contribution is 7.47. The molecule has 9 heteroatoms. The normalized spacial score (nSPS) is 13.9. The Balaban J connectivity index is 3.86. The molecule has 79 heavy (non-hydrogen) atoms. The van der Waals surface area contributed by atoms with Crippen molar-refractivity contribution in [3.05, 3.63) is 36.5 Å². The minimum Gasteiger partial charge on any atom is -0.387 e. The second-order valence-corrected chi connectivity index (χ2v) is 26.7. The van der Waals surface area contributed by atoms with Crippen LogP contribution in [0.5, 0.6) is 0 Å². The van der Waals surface area contributed by atoms with E-state index in [9.17, 15) is 19.4 Å². The Hall–Kier alpha value is -1.28. The molecule has 0 spiro atoms. The summed E-state index contributed by atoms with van der Waals surface area (Å²) in [5, 5.41) is 13.9. The van der Waals surface area contributed by atoms with Crippen molar-refractivity contribution in [2.45, 2.75) is 366 Å². The number of carbonyl (C=O) groups excluding carboxylic acids is 1. The van der Waals surface area contributed by atoms with Gasteiger partial charge in [-0.05, 0) is 44.9 Å². The predicted octanol–water partition coefficient (Wildman–Crippen LogP) is 22.1. The molecule has 0 saturated carbocycles. The maximum absolute atomic E-state index is 13.0. The third-order valence-corrected chi connectivity index (χ3v) is 17.1. The molecule has 8 nitrogen and oxygen atoms in total. The molecule has 0 saturated heterocycles. The van der Waals surface area contributed by atoms with E-state index in [1.165, 1.54) is 289 Å². The van der Waals surface area contributed by atoms with Crippen LogP contribution in [0.25, 0.3) is 0 Å². The lowest BCUT2D eigenvalue weighted by Crippen LogP contribution is -2.45. The molecule has 3 unspecified atom stereocenters. The molecule has 3 N–H and O–H groups in total. The number of likely N-dealkylation sites (N-methyl/N-ethyl adjacent to an activating group) is 1. The number of phosphoric ester groups is 1. The van der Waals surface area contributed by atoms with Crippen LogP contribution in [0, 0.1) is 0 Å². The number of amides is 1. The quantitative estimate of drug-likeness (QED) is 0.0243. The smallest absolute Gasteiger partial charge is 0.387 e. The van der Waals surface area contributed by atoms with Crippen LogP contribution in [0.15, 0.2) is 36.5 Å². The van der Waals surface area contributed by atoms with E-state index in [2.05, 4.69) is 43.5 Å². The highest BCUT2D eigenvalue weighted by Crippen LogP contribution is 2.43. The molecule has 1 amide bonds. The van der Waals surface area contributed by atoms with Gasteiger partial charge in [-0.2, -0.15) is 0 Å². The molecule has 0 bridgehead atoms. The van der Waals surface area contributed by atoms with Gasteiger partial charge in [0.05, 0.1) is 39.9 Å². The molecule has 468 valence electrons. The topological polar surface area (TPSA) is 105 Å². The average Bonchev–Trinajstić information content (AvgIpc) is 3.42. The number of aliphatic hydroxyl groups is 1. The summed E-state index contributed by atoms with van der Waals surface area (Å²) in [5.41, 5.74) is 0. The monoisotopic (exact) mass is 1130 g/mol. The number of nitrogens with one attached hydrogen (secondary N) is 1. The molecule has 0 heterocycles. The van der Waals surface area contributed by atoms with Crippen LogP contribution in [-0.4, -0.2) is 73.4 Å². The second kappa shape index (κ2) is 61.3. The molecule has 0 aliphatic heterocycles. The zero-order valence-corrected chi connectivity index (χ0v) is 54.5. The van der Waals surface area contributed by atoms with Crippen LogP contribution in [0.2, 0.25) is 0 Å². The highest BCUT2D eigenvalue weighted by Gasteiger charge is 2.28. The molecule has 0 aromatic heterocycles. The van der Waals surface area contributed by atoms with Gasteiger partial charge in [-0.1, -0.05) is 339 Å². The maximum atomic E-state index is 13.0. The molecule has 0 radical (unpaired) electrons. The number of carbonyl (C=O) groups is 1. The molecule has 0 rings (SSSR count). The lowest BCUT2D eigenvalue weighted by atomic mass is 10.0. The van der Waals surface area contributed by atoms with E-state index in [1.807, 2.05) is 27.2 Å². The van der Waals surface area contributed by atoms with Crippen LogP contribution in [0.4, 0.5) is 0 Å². The largest absolute Gasteiger partial charge is 0.472 e. The number of quaternary nitrogens is 1. The summed E-state index contributed by atoms with van der Waals surface area (Å²) in [4.78, 5) is 23.3. The van der Waals surface area contributed by atoms with Crippen molar-refractivity contribution < 1.29 is 32.9 Å².